The maximum atomic E-state index is 12.5. The number of anilines is 1. The lowest BCUT2D eigenvalue weighted by molar-refractivity contribution is -0.131. The van der Waals surface area contributed by atoms with Crippen LogP contribution in [0, 0.1) is 6.92 Å². The molecular formula is C21H22F3N5OS. The van der Waals surface area contributed by atoms with Gasteiger partial charge in [0.15, 0.2) is 5.65 Å². The number of amides is 1. The van der Waals surface area contributed by atoms with Gasteiger partial charge in [-0.1, -0.05) is 6.07 Å². The van der Waals surface area contributed by atoms with Gasteiger partial charge in [-0.3, -0.25) is 4.79 Å². The van der Waals surface area contributed by atoms with Crippen LogP contribution in [0.25, 0.3) is 16.9 Å². The Labute approximate surface area is 181 Å². The quantitative estimate of drug-likeness (QED) is 0.513. The number of halogens is 3. The molecule has 2 heterocycles. The molecule has 4 rings (SSSR count). The van der Waals surface area contributed by atoms with Crippen molar-refractivity contribution in [2.75, 3.05) is 18.1 Å². The number of rotatable bonds is 7. The number of nitrogens with one attached hydrogen (secondary N) is 2. The van der Waals surface area contributed by atoms with Crippen LogP contribution in [0.3, 0.4) is 0 Å². The van der Waals surface area contributed by atoms with E-state index in [-0.39, 0.29) is 18.5 Å². The SMILES string of the molecule is CSc1cc(NCCC(F)(F)F)c2ncc(-c3ccc(C(=O)NC4CC4)c(C)c3)n2n1. The molecule has 6 nitrogen and oxygen atoms in total. The van der Waals surface area contributed by atoms with Gasteiger partial charge in [0.25, 0.3) is 5.91 Å². The van der Waals surface area contributed by atoms with Gasteiger partial charge in [0.1, 0.15) is 5.03 Å². The minimum atomic E-state index is -4.23. The predicted octanol–water partition coefficient (Wildman–Crippen LogP) is 4.68. The minimum Gasteiger partial charge on any atom is -0.382 e. The summed E-state index contributed by atoms with van der Waals surface area (Å²) in [4.78, 5) is 16.8. The molecule has 0 unspecified atom stereocenters. The fourth-order valence-electron chi connectivity index (χ4n) is 3.28. The number of hydrogen-bond donors (Lipinski definition) is 2. The van der Waals surface area contributed by atoms with Crippen molar-refractivity contribution in [3.05, 3.63) is 41.6 Å². The number of nitrogens with zero attached hydrogens (tertiary/aromatic N) is 3. The monoisotopic (exact) mass is 449 g/mol. The molecule has 0 radical (unpaired) electrons. The summed E-state index contributed by atoms with van der Waals surface area (Å²) in [5, 5.41) is 11.0. The summed E-state index contributed by atoms with van der Waals surface area (Å²) in [5.41, 5.74) is 3.91. The lowest BCUT2D eigenvalue weighted by Gasteiger charge is -2.12. The van der Waals surface area contributed by atoms with Crippen LogP contribution in [0.15, 0.2) is 35.5 Å². The van der Waals surface area contributed by atoms with Gasteiger partial charge in [0, 0.05) is 23.7 Å². The molecule has 1 aliphatic rings. The smallest absolute Gasteiger partial charge is 0.382 e. The fraction of sp³-hybridized carbons (Fsp3) is 0.381. The number of imidazole rings is 1. The van der Waals surface area contributed by atoms with Crippen LogP contribution in [0.5, 0.6) is 0 Å². The van der Waals surface area contributed by atoms with Gasteiger partial charge in [-0.2, -0.15) is 18.3 Å². The molecule has 1 aliphatic carbocycles. The predicted molar refractivity (Wildman–Crippen MR) is 115 cm³/mol. The van der Waals surface area contributed by atoms with Gasteiger partial charge < -0.3 is 10.6 Å². The molecule has 0 spiro atoms. The zero-order valence-corrected chi connectivity index (χ0v) is 17.9. The van der Waals surface area contributed by atoms with E-state index >= 15 is 0 Å². The van der Waals surface area contributed by atoms with Crippen LogP contribution in [-0.4, -0.2) is 45.5 Å². The molecule has 2 aromatic heterocycles. The van der Waals surface area contributed by atoms with Crippen molar-refractivity contribution < 1.29 is 18.0 Å². The lowest BCUT2D eigenvalue weighted by Crippen LogP contribution is -2.26. The summed E-state index contributed by atoms with van der Waals surface area (Å²) in [6.07, 6.45) is 0.361. The Hall–Kier alpha value is -2.75. The van der Waals surface area contributed by atoms with E-state index in [1.54, 1.807) is 22.8 Å². The number of carbonyl (C=O) groups excluding carboxylic acids is 1. The molecule has 31 heavy (non-hydrogen) atoms. The zero-order valence-electron chi connectivity index (χ0n) is 17.1. The van der Waals surface area contributed by atoms with Gasteiger partial charge in [-0.25, -0.2) is 9.50 Å². The van der Waals surface area contributed by atoms with Crippen molar-refractivity contribution in [3.8, 4) is 11.3 Å². The number of carbonyl (C=O) groups is 1. The van der Waals surface area contributed by atoms with Gasteiger partial charge in [-0.05, 0) is 49.8 Å². The summed E-state index contributed by atoms with van der Waals surface area (Å²) in [5.74, 6) is -0.0800. The summed E-state index contributed by atoms with van der Waals surface area (Å²) < 4.78 is 39.2. The van der Waals surface area contributed by atoms with E-state index in [9.17, 15) is 18.0 Å². The highest BCUT2D eigenvalue weighted by Crippen LogP contribution is 2.29. The minimum absolute atomic E-state index is 0.0800. The summed E-state index contributed by atoms with van der Waals surface area (Å²) in [6.45, 7) is 1.63. The number of thioether (sulfide) groups is 1. The summed E-state index contributed by atoms with van der Waals surface area (Å²) in [6, 6.07) is 7.49. The Morgan fingerprint density at radius 1 is 1.29 bits per heavy atom. The van der Waals surface area contributed by atoms with E-state index in [1.165, 1.54) is 11.8 Å². The number of hydrogen-bond acceptors (Lipinski definition) is 5. The van der Waals surface area contributed by atoms with E-state index in [1.807, 2.05) is 25.3 Å². The lowest BCUT2D eigenvalue weighted by atomic mass is 10.0. The van der Waals surface area contributed by atoms with Crippen molar-refractivity contribution in [1.29, 1.82) is 0 Å². The average molecular weight is 450 g/mol. The molecule has 0 saturated heterocycles. The molecule has 10 heteroatoms. The van der Waals surface area contributed by atoms with Crippen LogP contribution >= 0.6 is 11.8 Å². The maximum Gasteiger partial charge on any atom is 0.390 e. The Morgan fingerprint density at radius 2 is 2.06 bits per heavy atom. The number of fused-ring (bicyclic) bond motifs is 1. The Balaban J connectivity index is 1.65. The highest BCUT2D eigenvalue weighted by atomic mass is 32.2. The molecule has 0 aliphatic heterocycles. The van der Waals surface area contributed by atoms with Crippen LogP contribution in [0.4, 0.5) is 18.9 Å². The number of alkyl halides is 3. The van der Waals surface area contributed by atoms with Crippen molar-refractivity contribution in [2.45, 2.75) is 43.4 Å². The van der Waals surface area contributed by atoms with Gasteiger partial charge in [-0.15, -0.1) is 11.8 Å². The van der Waals surface area contributed by atoms with Gasteiger partial charge in [0.2, 0.25) is 0 Å². The van der Waals surface area contributed by atoms with E-state index < -0.39 is 12.6 Å². The Bertz CT molecular complexity index is 1120. The summed E-state index contributed by atoms with van der Waals surface area (Å²) >= 11 is 1.39. The first-order chi connectivity index (χ1) is 14.7. The molecule has 1 aromatic carbocycles. The highest BCUT2D eigenvalue weighted by molar-refractivity contribution is 7.98. The Morgan fingerprint density at radius 3 is 2.71 bits per heavy atom. The first-order valence-corrected chi connectivity index (χ1v) is 11.1. The van der Waals surface area contributed by atoms with Gasteiger partial charge >= 0.3 is 6.18 Å². The Kier molecular flexibility index (Phi) is 5.83. The number of aromatic nitrogens is 3. The first kappa shape index (κ1) is 21.5. The molecule has 2 N–H and O–H groups in total. The second-order valence-corrected chi connectivity index (χ2v) is 8.38. The van der Waals surface area contributed by atoms with Crippen LogP contribution in [0.1, 0.15) is 35.2 Å². The topological polar surface area (TPSA) is 71.3 Å². The van der Waals surface area contributed by atoms with Crippen LogP contribution < -0.4 is 10.6 Å². The van der Waals surface area contributed by atoms with E-state index in [0.717, 1.165) is 24.0 Å². The van der Waals surface area contributed by atoms with Crippen LogP contribution in [0.2, 0.25) is 0 Å². The number of benzene rings is 1. The normalized spacial score (nSPS) is 14.1. The fourth-order valence-corrected chi connectivity index (χ4v) is 3.68. The number of aryl methyl sites for hydroxylation is 1. The van der Waals surface area contributed by atoms with E-state index in [2.05, 4.69) is 20.7 Å². The molecule has 1 saturated carbocycles. The third kappa shape index (κ3) is 4.95. The molecule has 3 aromatic rings. The molecule has 1 fully saturated rings. The van der Waals surface area contributed by atoms with Gasteiger partial charge in [0.05, 0.1) is 24.0 Å². The second kappa shape index (κ2) is 8.41. The molecular weight excluding hydrogens is 427 g/mol. The third-order valence-corrected chi connectivity index (χ3v) is 5.68. The highest BCUT2D eigenvalue weighted by Gasteiger charge is 2.27. The van der Waals surface area contributed by atoms with Crippen LogP contribution in [-0.2, 0) is 0 Å². The molecule has 0 bridgehead atoms. The zero-order chi connectivity index (χ0) is 22.2. The van der Waals surface area contributed by atoms with Crippen molar-refractivity contribution in [2.24, 2.45) is 0 Å². The average Bonchev–Trinajstić information content (AvgIpc) is 3.41. The van der Waals surface area contributed by atoms with E-state index in [4.69, 9.17) is 0 Å². The second-order valence-electron chi connectivity index (χ2n) is 7.55. The largest absolute Gasteiger partial charge is 0.390 e. The van der Waals surface area contributed by atoms with Crippen molar-refractivity contribution in [3.63, 3.8) is 0 Å². The molecule has 164 valence electrons. The van der Waals surface area contributed by atoms with Crippen molar-refractivity contribution in [1.82, 2.24) is 19.9 Å². The molecule has 1 amide bonds. The third-order valence-electron chi connectivity index (χ3n) is 5.06. The van der Waals surface area contributed by atoms with E-state index in [0.29, 0.717) is 27.6 Å². The molecule has 0 atom stereocenters. The van der Waals surface area contributed by atoms with Crippen molar-refractivity contribution >= 4 is 29.0 Å². The first-order valence-electron chi connectivity index (χ1n) is 9.90. The summed E-state index contributed by atoms with van der Waals surface area (Å²) in [7, 11) is 0. The maximum absolute atomic E-state index is 12.5. The standard InChI is InChI=1S/C21H22F3N5OS/c1-12-9-13(3-6-15(12)20(30)27-14-4-5-14)17-11-26-19-16(25-8-7-21(22,23)24)10-18(31-2)28-29(17)19/h3,6,9-11,14,25H,4-5,7-8H2,1-2H3,(H,27,30).